The van der Waals surface area contributed by atoms with Gasteiger partial charge in [0.2, 0.25) is 10.0 Å². The van der Waals surface area contributed by atoms with Crippen molar-refractivity contribution in [2.45, 2.75) is 19.9 Å². The van der Waals surface area contributed by atoms with Gasteiger partial charge in [-0.1, -0.05) is 13.8 Å². The fourth-order valence-electron chi connectivity index (χ4n) is 1.96. The number of aliphatic carboxylic acids is 1. The molecule has 8 nitrogen and oxygen atoms in total. The van der Waals surface area contributed by atoms with E-state index in [9.17, 15) is 18.0 Å². The van der Waals surface area contributed by atoms with Gasteiger partial charge in [-0.25, -0.2) is 18.0 Å². The summed E-state index contributed by atoms with van der Waals surface area (Å²) in [5, 5.41) is 11.5. The van der Waals surface area contributed by atoms with Gasteiger partial charge in [-0.15, -0.1) is 0 Å². The largest absolute Gasteiger partial charge is 0.480 e. The van der Waals surface area contributed by atoms with E-state index < -0.39 is 28.1 Å². The number of amides is 2. The molecule has 1 heterocycles. The molecule has 1 fully saturated rings. The van der Waals surface area contributed by atoms with Gasteiger partial charge in [0.1, 0.15) is 6.04 Å². The molecule has 1 atom stereocenters. The second kappa shape index (κ2) is 6.40. The van der Waals surface area contributed by atoms with E-state index in [0.29, 0.717) is 0 Å². The standard InChI is InChI=1S/C11H21N3O5S/c1-8(2)9(10(15)16)12-11(17)13-4-6-14(7-5-13)20(3,18)19/h8-9H,4-7H2,1-3H3,(H,12,17)(H,15,16). The molecule has 1 unspecified atom stereocenters. The Morgan fingerprint density at radius 2 is 1.65 bits per heavy atom. The smallest absolute Gasteiger partial charge is 0.326 e. The lowest BCUT2D eigenvalue weighted by Crippen LogP contribution is -2.56. The molecule has 1 aliphatic heterocycles. The molecule has 2 amide bonds. The van der Waals surface area contributed by atoms with Crippen molar-refractivity contribution >= 4 is 22.0 Å². The lowest BCUT2D eigenvalue weighted by Gasteiger charge is -2.34. The van der Waals surface area contributed by atoms with Crippen LogP contribution in [-0.4, -0.2) is 73.2 Å². The van der Waals surface area contributed by atoms with E-state index in [-0.39, 0.29) is 32.1 Å². The number of carbonyl (C=O) groups is 2. The van der Waals surface area contributed by atoms with Crippen LogP contribution in [0.3, 0.4) is 0 Å². The molecule has 9 heteroatoms. The minimum atomic E-state index is -3.24. The number of carbonyl (C=O) groups excluding carboxylic acids is 1. The van der Waals surface area contributed by atoms with Gasteiger partial charge in [-0.2, -0.15) is 4.31 Å². The lowest BCUT2D eigenvalue weighted by molar-refractivity contribution is -0.140. The fourth-order valence-corrected chi connectivity index (χ4v) is 2.79. The molecule has 0 aromatic heterocycles. The molecule has 0 spiro atoms. The summed E-state index contributed by atoms with van der Waals surface area (Å²) >= 11 is 0. The van der Waals surface area contributed by atoms with E-state index >= 15 is 0 Å². The molecule has 1 saturated heterocycles. The van der Waals surface area contributed by atoms with E-state index in [1.165, 1.54) is 9.21 Å². The summed E-state index contributed by atoms with van der Waals surface area (Å²) in [6, 6.07) is -1.42. The zero-order chi connectivity index (χ0) is 15.5. The minimum Gasteiger partial charge on any atom is -0.480 e. The van der Waals surface area contributed by atoms with Crippen LogP contribution in [0.25, 0.3) is 0 Å². The first kappa shape index (κ1) is 16.7. The number of hydrogen-bond donors (Lipinski definition) is 2. The van der Waals surface area contributed by atoms with Gasteiger partial charge in [-0.3, -0.25) is 0 Å². The van der Waals surface area contributed by atoms with Crippen LogP contribution >= 0.6 is 0 Å². The summed E-state index contributed by atoms with van der Waals surface area (Å²) in [7, 11) is -3.24. The third-order valence-corrected chi connectivity index (χ3v) is 4.51. The second-order valence-electron chi connectivity index (χ2n) is 5.16. The molecule has 0 radical (unpaired) electrons. The SMILES string of the molecule is CC(C)C(NC(=O)N1CCN(S(C)(=O)=O)CC1)C(=O)O. The van der Waals surface area contributed by atoms with Crippen molar-refractivity contribution in [1.29, 1.82) is 0 Å². The normalized spacial score (nSPS) is 18.9. The Kier molecular flexibility index (Phi) is 5.35. The maximum Gasteiger partial charge on any atom is 0.326 e. The molecule has 0 saturated carbocycles. The summed E-state index contributed by atoms with van der Waals surface area (Å²) < 4.78 is 24.0. The number of urea groups is 1. The lowest BCUT2D eigenvalue weighted by atomic mass is 10.1. The molecule has 0 aromatic carbocycles. The summed E-state index contributed by atoms with van der Waals surface area (Å²) in [4.78, 5) is 24.4. The van der Waals surface area contributed by atoms with Crippen LogP contribution in [0.5, 0.6) is 0 Å². The summed E-state index contributed by atoms with van der Waals surface area (Å²) in [6.07, 6.45) is 1.13. The molecule has 0 aromatic rings. The van der Waals surface area contributed by atoms with Crippen molar-refractivity contribution in [3.05, 3.63) is 0 Å². The Morgan fingerprint density at radius 1 is 1.15 bits per heavy atom. The molecular formula is C11H21N3O5S. The predicted octanol–water partition coefficient (Wildman–Crippen LogP) is -0.618. The Balaban J connectivity index is 2.57. The highest BCUT2D eigenvalue weighted by Crippen LogP contribution is 2.08. The zero-order valence-corrected chi connectivity index (χ0v) is 12.7. The monoisotopic (exact) mass is 307 g/mol. The van der Waals surface area contributed by atoms with Gasteiger partial charge < -0.3 is 15.3 Å². The van der Waals surface area contributed by atoms with Gasteiger partial charge in [0.05, 0.1) is 6.26 Å². The van der Waals surface area contributed by atoms with Crippen LogP contribution in [0.15, 0.2) is 0 Å². The Morgan fingerprint density at radius 3 is 2.00 bits per heavy atom. The number of rotatable bonds is 4. The van der Waals surface area contributed by atoms with Crippen molar-refractivity contribution in [3.63, 3.8) is 0 Å². The summed E-state index contributed by atoms with van der Waals surface area (Å²) in [6.45, 7) is 4.38. The van der Waals surface area contributed by atoms with Gasteiger partial charge in [-0.05, 0) is 5.92 Å². The third-order valence-electron chi connectivity index (χ3n) is 3.21. The molecule has 116 valence electrons. The first-order valence-electron chi connectivity index (χ1n) is 6.36. The molecule has 0 aliphatic carbocycles. The van der Waals surface area contributed by atoms with E-state index in [1.54, 1.807) is 13.8 Å². The number of piperazine rings is 1. The zero-order valence-electron chi connectivity index (χ0n) is 11.9. The van der Waals surface area contributed by atoms with E-state index in [1.807, 2.05) is 0 Å². The topological polar surface area (TPSA) is 107 Å². The number of nitrogens with one attached hydrogen (secondary N) is 1. The average molecular weight is 307 g/mol. The molecular weight excluding hydrogens is 286 g/mol. The van der Waals surface area contributed by atoms with Crippen LogP contribution in [0, 0.1) is 5.92 Å². The highest BCUT2D eigenvalue weighted by atomic mass is 32.2. The van der Waals surface area contributed by atoms with Crippen LogP contribution in [0.4, 0.5) is 4.79 Å². The number of sulfonamides is 1. The van der Waals surface area contributed by atoms with Crippen molar-refractivity contribution < 1.29 is 23.1 Å². The van der Waals surface area contributed by atoms with Gasteiger partial charge >= 0.3 is 12.0 Å². The van der Waals surface area contributed by atoms with Crippen LogP contribution in [-0.2, 0) is 14.8 Å². The van der Waals surface area contributed by atoms with Gasteiger partial charge in [0.25, 0.3) is 0 Å². The predicted molar refractivity (Wildman–Crippen MR) is 72.8 cm³/mol. The third kappa shape index (κ3) is 4.34. The Hall–Kier alpha value is -1.35. The van der Waals surface area contributed by atoms with Gasteiger partial charge in [0.15, 0.2) is 0 Å². The number of carboxylic acids is 1. The summed E-state index contributed by atoms with van der Waals surface area (Å²) in [5.74, 6) is -1.31. The summed E-state index contributed by atoms with van der Waals surface area (Å²) in [5.41, 5.74) is 0. The highest BCUT2D eigenvalue weighted by Gasteiger charge is 2.29. The fraction of sp³-hybridized carbons (Fsp3) is 0.818. The number of hydrogen-bond acceptors (Lipinski definition) is 4. The Bertz CT molecular complexity index is 468. The van der Waals surface area contributed by atoms with Crippen LogP contribution < -0.4 is 5.32 Å². The van der Waals surface area contributed by atoms with E-state index in [2.05, 4.69) is 5.32 Å². The number of nitrogens with zero attached hydrogens (tertiary/aromatic N) is 2. The maximum absolute atomic E-state index is 12.0. The first-order valence-corrected chi connectivity index (χ1v) is 8.21. The van der Waals surface area contributed by atoms with Crippen molar-refractivity contribution in [1.82, 2.24) is 14.5 Å². The average Bonchev–Trinajstić information content (AvgIpc) is 2.34. The van der Waals surface area contributed by atoms with E-state index in [4.69, 9.17) is 5.11 Å². The second-order valence-corrected chi connectivity index (χ2v) is 7.14. The highest BCUT2D eigenvalue weighted by molar-refractivity contribution is 7.88. The number of carboxylic acid groups (broad SMARTS) is 1. The first-order chi connectivity index (χ1) is 9.12. The Labute approximate surface area is 118 Å². The minimum absolute atomic E-state index is 0.228. The maximum atomic E-state index is 12.0. The van der Waals surface area contributed by atoms with Crippen LogP contribution in [0.1, 0.15) is 13.8 Å². The molecule has 20 heavy (non-hydrogen) atoms. The molecule has 0 bridgehead atoms. The van der Waals surface area contributed by atoms with Crippen LogP contribution in [0.2, 0.25) is 0 Å². The van der Waals surface area contributed by atoms with Gasteiger partial charge in [0, 0.05) is 26.2 Å². The molecule has 1 rings (SSSR count). The molecule has 2 N–H and O–H groups in total. The van der Waals surface area contributed by atoms with E-state index in [0.717, 1.165) is 6.26 Å². The van der Waals surface area contributed by atoms with Crippen molar-refractivity contribution in [3.8, 4) is 0 Å². The van der Waals surface area contributed by atoms with Crippen molar-refractivity contribution in [2.24, 2.45) is 5.92 Å². The molecule has 1 aliphatic rings. The quantitative estimate of drug-likeness (QED) is 0.720. The van der Waals surface area contributed by atoms with Crippen molar-refractivity contribution in [2.75, 3.05) is 32.4 Å².